The summed E-state index contributed by atoms with van der Waals surface area (Å²) in [5.41, 5.74) is 1.99. The quantitative estimate of drug-likeness (QED) is 0.359. The highest BCUT2D eigenvalue weighted by Crippen LogP contribution is 2.21. The van der Waals surface area contributed by atoms with E-state index in [1.165, 1.54) is 0 Å². The second-order valence-corrected chi connectivity index (χ2v) is 7.79. The number of hydrogen-bond acceptors (Lipinski definition) is 5. The molecule has 0 radical (unpaired) electrons. The van der Waals surface area contributed by atoms with Gasteiger partial charge in [0.2, 0.25) is 0 Å². The highest BCUT2D eigenvalue weighted by molar-refractivity contribution is 7.80. The minimum atomic E-state index is -0.164. The van der Waals surface area contributed by atoms with Gasteiger partial charge in [-0.1, -0.05) is 0 Å². The molecule has 0 aliphatic heterocycles. The number of nitrogens with zero attached hydrogens (tertiary/aromatic N) is 1. The van der Waals surface area contributed by atoms with Gasteiger partial charge < -0.3 is 29.1 Å². The average molecular weight is 464 g/mol. The van der Waals surface area contributed by atoms with E-state index in [0.717, 1.165) is 33.8 Å². The molecule has 0 saturated heterocycles. The Hall–Kier alpha value is -3.78. The maximum absolute atomic E-state index is 12.8. The van der Waals surface area contributed by atoms with Crippen LogP contribution in [0.2, 0.25) is 0 Å². The molecule has 0 aliphatic rings. The van der Waals surface area contributed by atoms with Crippen molar-refractivity contribution in [3.8, 4) is 11.5 Å². The van der Waals surface area contributed by atoms with E-state index in [0.29, 0.717) is 30.4 Å². The van der Waals surface area contributed by atoms with Crippen LogP contribution in [0.1, 0.15) is 18.2 Å². The van der Waals surface area contributed by atoms with Crippen LogP contribution in [0.15, 0.2) is 76.1 Å². The Morgan fingerprint density at radius 2 is 1.88 bits per heavy atom. The van der Waals surface area contributed by atoms with Gasteiger partial charge in [-0.05, 0) is 79.8 Å². The summed E-state index contributed by atoms with van der Waals surface area (Å²) in [5.74, 6) is 2.25. The number of hydrogen-bond donors (Lipinski definition) is 2. The third-order valence-corrected chi connectivity index (χ3v) is 5.48. The van der Waals surface area contributed by atoms with Crippen molar-refractivity contribution in [1.82, 2.24) is 9.88 Å². The zero-order chi connectivity index (χ0) is 23.2. The summed E-state index contributed by atoms with van der Waals surface area (Å²) < 4.78 is 16.3. The van der Waals surface area contributed by atoms with Gasteiger partial charge in [-0.2, -0.15) is 0 Å². The molecule has 0 fully saturated rings. The monoisotopic (exact) mass is 463 g/mol. The van der Waals surface area contributed by atoms with Gasteiger partial charge in [0, 0.05) is 22.2 Å². The fourth-order valence-electron chi connectivity index (χ4n) is 3.48. The van der Waals surface area contributed by atoms with Gasteiger partial charge >= 0.3 is 0 Å². The maximum Gasteiger partial charge on any atom is 0.253 e. The summed E-state index contributed by atoms with van der Waals surface area (Å²) in [6, 6.07) is 18.7. The first-order chi connectivity index (χ1) is 16.1. The van der Waals surface area contributed by atoms with E-state index in [1.54, 1.807) is 13.4 Å². The SMILES string of the molecule is CCOc1ccc2[nH]c(=O)c(CN(Cc3ccco3)C(=S)Nc3ccc(OC)cc3)cc2c1. The lowest BCUT2D eigenvalue weighted by Crippen LogP contribution is -2.35. The summed E-state index contributed by atoms with van der Waals surface area (Å²) in [5, 5.41) is 4.60. The molecule has 0 aliphatic carbocycles. The molecule has 2 aromatic carbocycles. The lowest BCUT2D eigenvalue weighted by molar-refractivity contribution is 0.340. The number of ether oxygens (including phenoxy) is 2. The largest absolute Gasteiger partial charge is 0.497 e. The van der Waals surface area contributed by atoms with Gasteiger partial charge in [0.05, 0.1) is 33.1 Å². The van der Waals surface area contributed by atoms with Crippen molar-refractivity contribution in [2.75, 3.05) is 19.0 Å². The van der Waals surface area contributed by atoms with Crippen molar-refractivity contribution >= 4 is 33.9 Å². The predicted octanol–water partition coefficient (Wildman–Crippen LogP) is 4.93. The molecule has 33 heavy (non-hydrogen) atoms. The summed E-state index contributed by atoms with van der Waals surface area (Å²) in [6.07, 6.45) is 1.62. The van der Waals surface area contributed by atoms with E-state index in [2.05, 4.69) is 10.3 Å². The minimum absolute atomic E-state index is 0.164. The van der Waals surface area contributed by atoms with Crippen molar-refractivity contribution < 1.29 is 13.9 Å². The summed E-state index contributed by atoms with van der Waals surface area (Å²) in [7, 11) is 1.62. The first-order valence-corrected chi connectivity index (χ1v) is 11.0. The standard InChI is InChI=1S/C25H25N3O4S/c1-3-31-21-10-11-23-17(14-21)13-18(24(29)27-23)15-28(16-22-5-4-12-32-22)25(33)26-19-6-8-20(30-2)9-7-19/h4-14H,3,15-16H2,1-2H3,(H,26,33)(H,27,29). The molecule has 7 nitrogen and oxygen atoms in total. The van der Waals surface area contributed by atoms with Crippen LogP contribution < -0.4 is 20.3 Å². The van der Waals surface area contributed by atoms with Crippen LogP contribution in [0, 0.1) is 0 Å². The number of pyridine rings is 1. The second kappa shape index (κ2) is 10.2. The van der Waals surface area contributed by atoms with Gasteiger partial charge in [0.15, 0.2) is 5.11 Å². The third kappa shape index (κ3) is 5.53. The molecule has 4 rings (SSSR count). The summed E-state index contributed by atoms with van der Waals surface area (Å²) in [4.78, 5) is 17.7. The van der Waals surface area contributed by atoms with Gasteiger partial charge in [-0.3, -0.25) is 4.79 Å². The molecule has 0 saturated carbocycles. The number of anilines is 1. The van der Waals surface area contributed by atoms with E-state index in [9.17, 15) is 4.79 Å². The lowest BCUT2D eigenvalue weighted by atomic mass is 10.1. The van der Waals surface area contributed by atoms with Crippen molar-refractivity contribution in [2.45, 2.75) is 20.0 Å². The van der Waals surface area contributed by atoms with Gasteiger partial charge in [0.25, 0.3) is 5.56 Å². The first kappa shape index (κ1) is 22.4. The number of furan rings is 1. The molecular weight excluding hydrogens is 438 g/mol. The number of rotatable bonds is 8. The smallest absolute Gasteiger partial charge is 0.253 e. The highest BCUT2D eigenvalue weighted by Gasteiger charge is 2.16. The van der Waals surface area contributed by atoms with E-state index < -0.39 is 0 Å². The maximum atomic E-state index is 12.8. The van der Waals surface area contributed by atoms with E-state index in [-0.39, 0.29) is 5.56 Å². The summed E-state index contributed by atoms with van der Waals surface area (Å²) >= 11 is 5.70. The molecule has 170 valence electrons. The highest BCUT2D eigenvalue weighted by atomic mass is 32.1. The average Bonchev–Trinajstić information content (AvgIpc) is 3.33. The van der Waals surface area contributed by atoms with Gasteiger partial charge in [-0.25, -0.2) is 0 Å². The van der Waals surface area contributed by atoms with Crippen molar-refractivity contribution in [2.24, 2.45) is 0 Å². The van der Waals surface area contributed by atoms with Crippen molar-refractivity contribution in [1.29, 1.82) is 0 Å². The van der Waals surface area contributed by atoms with Crippen molar-refractivity contribution in [3.63, 3.8) is 0 Å². The van der Waals surface area contributed by atoms with E-state index >= 15 is 0 Å². The molecule has 2 heterocycles. The van der Waals surface area contributed by atoms with Gasteiger partial charge in [-0.15, -0.1) is 0 Å². The molecule has 2 N–H and O–H groups in total. The number of fused-ring (bicyclic) bond motifs is 1. The zero-order valence-corrected chi connectivity index (χ0v) is 19.3. The number of benzene rings is 2. The van der Waals surface area contributed by atoms with E-state index in [1.807, 2.05) is 72.5 Å². The first-order valence-electron chi connectivity index (χ1n) is 10.6. The normalized spacial score (nSPS) is 10.7. The molecule has 0 amide bonds. The van der Waals surface area contributed by atoms with Gasteiger partial charge in [0.1, 0.15) is 17.3 Å². The van der Waals surface area contributed by atoms with Crippen LogP contribution in [0.3, 0.4) is 0 Å². The van der Waals surface area contributed by atoms with E-state index in [4.69, 9.17) is 26.1 Å². The third-order valence-electron chi connectivity index (χ3n) is 5.12. The molecular formula is C25H25N3O4S. The number of H-pyrrole nitrogens is 1. The Kier molecular flexibility index (Phi) is 6.95. The minimum Gasteiger partial charge on any atom is -0.497 e. The number of nitrogens with one attached hydrogen (secondary N) is 2. The molecule has 2 aromatic heterocycles. The number of methoxy groups -OCH3 is 1. The Morgan fingerprint density at radius 3 is 2.58 bits per heavy atom. The molecule has 4 aromatic rings. The summed E-state index contributed by atoms with van der Waals surface area (Å²) in [6.45, 7) is 3.22. The predicted molar refractivity (Wildman–Crippen MR) is 133 cm³/mol. The molecule has 0 atom stereocenters. The Balaban J connectivity index is 1.61. The van der Waals surface area contributed by atoms with Crippen LogP contribution in [0.25, 0.3) is 10.9 Å². The number of aromatic amines is 1. The van der Waals surface area contributed by atoms with Crippen LogP contribution in [-0.2, 0) is 13.1 Å². The topological polar surface area (TPSA) is 79.7 Å². The Morgan fingerprint density at radius 1 is 1.09 bits per heavy atom. The second-order valence-electron chi connectivity index (χ2n) is 7.40. The number of thiocarbonyl (C=S) groups is 1. The fraction of sp³-hybridized carbons (Fsp3) is 0.200. The molecule has 0 spiro atoms. The van der Waals surface area contributed by atoms with Crippen molar-refractivity contribution in [3.05, 3.63) is 88.6 Å². The Labute approximate surface area is 196 Å². The fourth-order valence-corrected chi connectivity index (χ4v) is 3.72. The van der Waals surface area contributed by atoms with Crippen LogP contribution in [-0.4, -0.2) is 28.7 Å². The molecule has 8 heteroatoms. The molecule has 0 unspecified atom stereocenters. The lowest BCUT2D eigenvalue weighted by Gasteiger charge is -2.25. The zero-order valence-electron chi connectivity index (χ0n) is 18.5. The molecule has 0 bridgehead atoms. The van der Waals surface area contributed by atoms with Crippen LogP contribution in [0.5, 0.6) is 11.5 Å². The van der Waals surface area contributed by atoms with Crippen LogP contribution >= 0.6 is 12.2 Å². The van der Waals surface area contributed by atoms with Crippen LogP contribution in [0.4, 0.5) is 5.69 Å². The Bertz CT molecular complexity index is 1280. The number of aromatic nitrogens is 1.